The van der Waals surface area contributed by atoms with Crippen LogP contribution in [0.4, 0.5) is 4.39 Å². The first-order valence-electron chi connectivity index (χ1n) is 6.49. The summed E-state index contributed by atoms with van der Waals surface area (Å²) < 4.78 is 12.9. The van der Waals surface area contributed by atoms with E-state index in [1.807, 2.05) is 0 Å². The van der Waals surface area contributed by atoms with Crippen molar-refractivity contribution >= 4 is 18.3 Å². The fourth-order valence-corrected chi connectivity index (χ4v) is 2.34. The van der Waals surface area contributed by atoms with Crippen LogP contribution in [-0.4, -0.2) is 40.1 Å². The Labute approximate surface area is 127 Å². The van der Waals surface area contributed by atoms with Gasteiger partial charge in [0, 0.05) is 24.7 Å². The molecular formula is C14H16ClFN4O. The van der Waals surface area contributed by atoms with Crippen molar-refractivity contribution < 1.29 is 9.18 Å². The van der Waals surface area contributed by atoms with Gasteiger partial charge in [-0.2, -0.15) is 5.10 Å². The highest BCUT2D eigenvalue weighted by Gasteiger charge is 2.25. The number of nitrogens with two attached hydrogens (primary N) is 1. The number of aromatic nitrogens is 2. The van der Waals surface area contributed by atoms with Gasteiger partial charge in [0.2, 0.25) is 0 Å². The third-order valence-electron chi connectivity index (χ3n) is 3.46. The molecule has 1 atom stereocenters. The first-order chi connectivity index (χ1) is 9.63. The van der Waals surface area contributed by atoms with Crippen molar-refractivity contribution in [3.05, 3.63) is 41.8 Å². The fourth-order valence-electron chi connectivity index (χ4n) is 2.34. The Hall–Kier alpha value is -1.92. The standard InChI is InChI=1S/C14H15FN4O.ClH/c15-10-3-1-9(2-4-10)12-7-13(18-17-12)14(20)19-6-5-11(16)8-19;/h1-4,7,11H,5-6,8,16H2,(H,17,18);1H/t11-;/m1./s1. The molecule has 0 aliphatic carbocycles. The second-order valence-electron chi connectivity index (χ2n) is 4.97. The van der Waals surface area contributed by atoms with Gasteiger partial charge in [-0.3, -0.25) is 9.89 Å². The van der Waals surface area contributed by atoms with Crippen LogP contribution in [0, 0.1) is 5.82 Å². The van der Waals surface area contributed by atoms with Gasteiger partial charge in [-0.15, -0.1) is 12.4 Å². The molecule has 0 spiro atoms. The lowest BCUT2D eigenvalue weighted by Crippen LogP contribution is -2.32. The van der Waals surface area contributed by atoms with E-state index in [4.69, 9.17) is 5.73 Å². The molecule has 0 saturated carbocycles. The number of hydrogen-bond acceptors (Lipinski definition) is 3. The zero-order chi connectivity index (χ0) is 14.1. The highest BCUT2D eigenvalue weighted by atomic mass is 35.5. The number of aromatic amines is 1. The molecule has 7 heteroatoms. The zero-order valence-corrected chi connectivity index (χ0v) is 12.1. The normalized spacial score (nSPS) is 17.6. The molecule has 1 aliphatic heterocycles. The van der Waals surface area contributed by atoms with Crippen molar-refractivity contribution in [3.63, 3.8) is 0 Å². The number of carbonyl (C=O) groups is 1. The number of carbonyl (C=O) groups excluding carboxylic acids is 1. The van der Waals surface area contributed by atoms with Gasteiger partial charge in [0.15, 0.2) is 0 Å². The van der Waals surface area contributed by atoms with Gasteiger partial charge in [0.05, 0.1) is 5.69 Å². The van der Waals surface area contributed by atoms with Crippen molar-refractivity contribution in [3.8, 4) is 11.3 Å². The molecule has 1 saturated heterocycles. The molecule has 2 aromatic rings. The van der Waals surface area contributed by atoms with Crippen molar-refractivity contribution in [2.75, 3.05) is 13.1 Å². The number of halogens is 2. The van der Waals surface area contributed by atoms with Crippen LogP contribution in [0.5, 0.6) is 0 Å². The van der Waals surface area contributed by atoms with Crippen LogP contribution in [0.3, 0.4) is 0 Å². The monoisotopic (exact) mass is 310 g/mol. The Kier molecular flexibility index (Phi) is 4.59. The molecule has 1 aromatic heterocycles. The van der Waals surface area contributed by atoms with Gasteiger partial charge >= 0.3 is 0 Å². The Balaban J connectivity index is 0.00000161. The van der Waals surface area contributed by atoms with E-state index < -0.39 is 0 Å². The third kappa shape index (κ3) is 3.22. The van der Waals surface area contributed by atoms with E-state index in [-0.39, 0.29) is 30.2 Å². The Morgan fingerprint density at radius 3 is 2.71 bits per heavy atom. The Morgan fingerprint density at radius 2 is 2.10 bits per heavy atom. The molecule has 0 radical (unpaired) electrons. The largest absolute Gasteiger partial charge is 0.336 e. The van der Waals surface area contributed by atoms with Gasteiger partial charge in [0.25, 0.3) is 5.91 Å². The molecule has 112 valence electrons. The molecule has 1 fully saturated rings. The average Bonchev–Trinajstić information content (AvgIpc) is 3.08. The summed E-state index contributed by atoms with van der Waals surface area (Å²) in [4.78, 5) is 13.9. The van der Waals surface area contributed by atoms with Crippen LogP contribution in [-0.2, 0) is 0 Å². The first-order valence-corrected chi connectivity index (χ1v) is 6.49. The minimum Gasteiger partial charge on any atom is -0.336 e. The fraction of sp³-hybridized carbons (Fsp3) is 0.286. The molecule has 3 rings (SSSR count). The average molecular weight is 311 g/mol. The van der Waals surface area contributed by atoms with Crippen LogP contribution >= 0.6 is 12.4 Å². The van der Waals surface area contributed by atoms with Crippen LogP contribution in [0.1, 0.15) is 16.9 Å². The van der Waals surface area contributed by atoms with Crippen molar-refractivity contribution in [1.29, 1.82) is 0 Å². The third-order valence-corrected chi connectivity index (χ3v) is 3.46. The number of nitrogens with zero attached hydrogens (tertiary/aromatic N) is 2. The van der Waals surface area contributed by atoms with E-state index in [0.29, 0.717) is 24.5 Å². The molecule has 5 nitrogen and oxygen atoms in total. The second-order valence-corrected chi connectivity index (χ2v) is 4.97. The minimum atomic E-state index is -0.299. The maximum atomic E-state index is 12.9. The summed E-state index contributed by atoms with van der Waals surface area (Å²) in [5.41, 5.74) is 7.61. The van der Waals surface area contributed by atoms with E-state index in [1.165, 1.54) is 12.1 Å². The highest BCUT2D eigenvalue weighted by molar-refractivity contribution is 5.93. The molecule has 1 amide bonds. The van der Waals surface area contributed by atoms with E-state index >= 15 is 0 Å². The second kappa shape index (κ2) is 6.24. The van der Waals surface area contributed by atoms with Crippen molar-refractivity contribution in [2.45, 2.75) is 12.5 Å². The summed E-state index contributed by atoms with van der Waals surface area (Å²) in [7, 11) is 0. The molecule has 2 heterocycles. The maximum absolute atomic E-state index is 12.9. The van der Waals surface area contributed by atoms with Crippen molar-refractivity contribution in [1.82, 2.24) is 15.1 Å². The summed E-state index contributed by atoms with van der Waals surface area (Å²) >= 11 is 0. The number of nitrogens with one attached hydrogen (secondary N) is 1. The molecule has 3 N–H and O–H groups in total. The predicted molar refractivity (Wildman–Crippen MR) is 79.7 cm³/mol. The maximum Gasteiger partial charge on any atom is 0.271 e. The summed E-state index contributed by atoms with van der Waals surface area (Å²) in [5, 5.41) is 6.84. The number of amides is 1. The van der Waals surface area contributed by atoms with E-state index in [0.717, 1.165) is 12.0 Å². The first kappa shape index (κ1) is 15.5. The molecule has 1 aliphatic rings. The molecule has 0 bridgehead atoms. The summed E-state index contributed by atoms with van der Waals surface area (Å²) in [5.74, 6) is -0.398. The summed E-state index contributed by atoms with van der Waals surface area (Å²) in [6.07, 6.45) is 0.824. The lowest BCUT2D eigenvalue weighted by Gasteiger charge is -2.13. The summed E-state index contributed by atoms with van der Waals surface area (Å²) in [6, 6.07) is 7.73. The van der Waals surface area contributed by atoms with E-state index in [1.54, 1.807) is 23.1 Å². The van der Waals surface area contributed by atoms with Gasteiger partial charge in [0.1, 0.15) is 11.5 Å². The lowest BCUT2D eigenvalue weighted by molar-refractivity contribution is 0.0785. The molecule has 1 aromatic carbocycles. The van der Waals surface area contributed by atoms with Gasteiger partial charge in [-0.25, -0.2) is 4.39 Å². The minimum absolute atomic E-state index is 0. The van der Waals surface area contributed by atoms with Gasteiger partial charge in [-0.05, 0) is 36.8 Å². The SMILES string of the molecule is Cl.N[C@@H]1CCN(C(=O)c2cc(-c3ccc(F)cc3)n[nH]2)C1. The van der Waals surface area contributed by atoms with Crippen LogP contribution in [0.25, 0.3) is 11.3 Å². The number of benzene rings is 1. The number of H-pyrrole nitrogens is 1. The van der Waals surface area contributed by atoms with E-state index in [9.17, 15) is 9.18 Å². The topological polar surface area (TPSA) is 75.0 Å². The number of likely N-dealkylation sites (tertiary alicyclic amines) is 1. The predicted octanol–water partition coefficient (Wildman–Crippen LogP) is 1.81. The molecular weight excluding hydrogens is 295 g/mol. The Morgan fingerprint density at radius 1 is 1.38 bits per heavy atom. The molecule has 0 unspecified atom stereocenters. The van der Waals surface area contributed by atoms with Crippen LogP contribution in [0.15, 0.2) is 30.3 Å². The summed E-state index contributed by atoms with van der Waals surface area (Å²) in [6.45, 7) is 1.24. The quantitative estimate of drug-likeness (QED) is 0.888. The van der Waals surface area contributed by atoms with Crippen LogP contribution < -0.4 is 5.73 Å². The van der Waals surface area contributed by atoms with E-state index in [2.05, 4.69) is 10.2 Å². The van der Waals surface area contributed by atoms with Crippen LogP contribution in [0.2, 0.25) is 0 Å². The Bertz CT molecular complexity index is 628. The smallest absolute Gasteiger partial charge is 0.271 e. The van der Waals surface area contributed by atoms with Gasteiger partial charge in [-0.1, -0.05) is 0 Å². The van der Waals surface area contributed by atoms with Crippen molar-refractivity contribution in [2.24, 2.45) is 5.73 Å². The lowest BCUT2D eigenvalue weighted by atomic mass is 10.1. The number of rotatable bonds is 2. The van der Waals surface area contributed by atoms with Gasteiger partial charge < -0.3 is 10.6 Å². The number of hydrogen-bond donors (Lipinski definition) is 2. The highest BCUT2D eigenvalue weighted by Crippen LogP contribution is 2.19. The molecule has 21 heavy (non-hydrogen) atoms. The zero-order valence-electron chi connectivity index (χ0n) is 11.3.